The van der Waals surface area contributed by atoms with Crippen LogP contribution in [0.1, 0.15) is 12.8 Å². The molecule has 74 valence electrons. The quantitative estimate of drug-likeness (QED) is 0.413. The van der Waals surface area contributed by atoms with Crippen molar-refractivity contribution in [3.05, 3.63) is 0 Å². The predicted octanol–water partition coefficient (Wildman–Crippen LogP) is -2.47. The van der Waals surface area contributed by atoms with E-state index in [9.17, 15) is 14.4 Å². The second-order valence-electron chi connectivity index (χ2n) is 1.95. The van der Waals surface area contributed by atoms with Gasteiger partial charge in [-0.3, -0.25) is 9.59 Å². The van der Waals surface area contributed by atoms with Crippen molar-refractivity contribution in [2.45, 2.75) is 12.8 Å². The standard InChI is InChI=1S/C6H8O6.3Na.3H/c7-4(8)1-2-6(11)12-3-5(9)10;;;;;;/h1-3H2,(H,7,8)(H,9,10);;;;;;. The summed E-state index contributed by atoms with van der Waals surface area (Å²) in [5, 5.41) is 16.2. The maximum atomic E-state index is 10.5. The van der Waals surface area contributed by atoms with Crippen LogP contribution in [-0.4, -0.2) is 123 Å². The molecule has 0 aromatic heterocycles. The van der Waals surface area contributed by atoms with Gasteiger partial charge in [0.25, 0.3) is 0 Å². The molecule has 6 nitrogen and oxygen atoms in total. The third-order valence-electron chi connectivity index (χ3n) is 0.900. The van der Waals surface area contributed by atoms with Crippen LogP contribution in [0.3, 0.4) is 0 Å². The van der Waals surface area contributed by atoms with E-state index in [0.29, 0.717) is 0 Å². The molecule has 0 aromatic rings. The first-order valence-corrected chi connectivity index (χ1v) is 3.11. The van der Waals surface area contributed by atoms with Crippen molar-refractivity contribution in [1.82, 2.24) is 0 Å². The molecule has 0 atom stereocenters. The Hall–Kier alpha value is 1.41. The van der Waals surface area contributed by atoms with Gasteiger partial charge in [0, 0.05) is 0 Å². The summed E-state index contributed by atoms with van der Waals surface area (Å²) in [7, 11) is 0. The zero-order valence-electron chi connectivity index (χ0n) is 6.15. The van der Waals surface area contributed by atoms with Crippen molar-refractivity contribution in [3.63, 3.8) is 0 Å². The number of esters is 1. The molecule has 0 radical (unpaired) electrons. The normalized spacial score (nSPS) is 7.20. The molecular formula is C6H11Na3O6. The van der Waals surface area contributed by atoms with Crippen molar-refractivity contribution in [1.29, 1.82) is 0 Å². The SMILES string of the molecule is O=C(O)CCC(=O)OCC(=O)O.[NaH].[NaH].[NaH]. The van der Waals surface area contributed by atoms with Crippen molar-refractivity contribution < 1.29 is 29.3 Å². The monoisotopic (exact) mass is 248 g/mol. The summed E-state index contributed by atoms with van der Waals surface area (Å²) in [6, 6.07) is 0. The number of carboxylic acids is 2. The van der Waals surface area contributed by atoms with Crippen molar-refractivity contribution in [2.24, 2.45) is 0 Å². The number of carbonyl (C=O) groups excluding carboxylic acids is 1. The number of carboxylic acid groups (broad SMARTS) is 2. The number of ether oxygens (including phenoxy) is 1. The Morgan fingerprint density at radius 2 is 1.33 bits per heavy atom. The molecule has 0 saturated heterocycles. The minimum absolute atomic E-state index is 0. The van der Waals surface area contributed by atoms with Crippen molar-refractivity contribution in [3.8, 4) is 0 Å². The van der Waals surface area contributed by atoms with Gasteiger partial charge in [0.05, 0.1) is 12.8 Å². The summed E-state index contributed by atoms with van der Waals surface area (Å²) in [4.78, 5) is 30.3. The second-order valence-corrected chi connectivity index (χ2v) is 1.95. The Labute approximate surface area is 153 Å². The number of hydrogen-bond acceptors (Lipinski definition) is 4. The molecule has 0 unspecified atom stereocenters. The molecule has 0 amide bonds. The van der Waals surface area contributed by atoms with Crippen molar-refractivity contribution >= 4 is 107 Å². The van der Waals surface area contributed by atoms with Gasteiger partial charge in [0.1, 0.15) is 0 Å². The van der Waals surface area contributed by atoms with Gasteiger partial charge in [0.2, 0.25) is 0 Å². The Balaban J connectivity index is -0.000000202. The third kappa shape index (κ3) is 21.3. The van der Waals surface area contributed by atoms with E-state index in [2.05, 4.69) is 4.74 Å². The Bertz CT molecular complexity index is 187. The van der Waals surface area contributed by atoms with E-state index in [1.807, 2.05) is 0 Å². The number of aliphatic carboxylic acids is 2. The minimum atomic E-state index is -1.27. The number of rotatable bonds is 5. The molecule has 0 saturated carbocycles. The molecule has 0 rings (SSSR count). The van der Waals surface area contributed by atoms with Crippen LogP contribution in [0.5, 0.6) is 0 Å². The molecule has 0 spiro atoms. The van der Waals surface area contributed by atoms with Gasteiger partial charge in [-0.15, -0.1) is 0 Å². The fourth-order valence-corrected chi connectivity index (χ4v) is 0.423. The van der Waals surface area contributed by atoms with Gasteiger partial charge < -0.3 is 14.9 Å². The van der Waals surface area contributed by atoms with E-state index in [1.165, 1.54) is 0 Å². The Kier molecular flexibility index (Phi) is 26.0. The van der Waals surface area contributed by atoms with Crippen LogP contribution < -0.4 is 0 Å². The molecule has 2 N–H and O–H groups in total. The average molecular weight is 248 g/mol. The second kappa shape index (κ2) is 15.4. The summed E-state index contributed by atoms with van der Waals surface area (Å²) in [5.41, 5.74) is 0. The third-order valence-corrected chi connectivity index (χ3v) is 0.900. The molecule has 0 aromatic carbocycles. The summed E-state index contributed by atoms with van der Waals surface area (Å²) in [6.45, 7) is -0.724. The van der Waals surface area contributed by atoms with Crippen LogP contribution in [0.15, 0.2) is 0 Å². The first-order valence-electron chi connectivity index (χ1n) is 3.11. The van der Waals surface area contributed by atoms with Gasteiger partial charge in [-0.05, 0) is 0 Å². The van der Waals surface area contributed by atoms with Gasteiger partial charge in [-0.25, -0.2) is 4.79 Å². The van der Waals surface area contributed by atoms with E-state index in [1.54, 1.807) is 0 Å². The average Bonchev–Trinajstić information content (AvgIpc) is 1.96. The molecule has 9 heteroatoms. The van der Waals surface area contributed by atoms with Gasteiger partial charge in [0.15, 0.2) is 6.61 Å². The van der Waals surface area contributed by atoms with E-state index < -0.39 is 24.5 Å². The maximum absolute atomic E-state index is 10.5. The van der Waals surface area contributed by atoms with Crippen LogP contribution in [0, 0.1) is 0 Å². The summed E-state index contributed by atoms with van der Waals surface area (Å²) >= 11 is 0. The first kappa shape index (κ1) is 25.3. The fourth-order valence-electron chi connectivity index (χ4n) is 0.423. The molecular weight excluding hydrogens is 237 g/mol. The van der Waals surface area contributed by atoms with E-state index >= 15 is 0 Å². The van der Waals surface area contributed by atoms with Gasteiger partial charge in [-0.2, -0.15) is 0 Å². The first-order chi connectivity index (χ1) is 5.52. The summed E-state index contributed by atoms with van der Waals surface area (Å²) < 4.78 is 4.15. The van der Waals surface area contributed by atoms with Crippen LogP contribution >= 0.6 is 0 Å². The molecule has 0 heterocycles. The van der Waals surface area contributed by atoms with Gasteiger partial charge in [-0.1, -0.05) is 0 Å². The van der Waals surface area contributed by atoms with Crippen LogP contribution in [0.25, 0.3) is 0 Å². The fraction of sp³-hybridized carbons (Fsp3) is 0.500. The molecule has 0 aliphatic heterocycles. The molecule has 0 aliphatic rings. The van der Waals surface area contributed by atoms with Crippen LogP contribution in [0.4, 0.5) is 0 Å². The van der Waals surface area contributed by atoms with Crippen LogP contribution in [0.2, 0.25) is 0 Å². The summed E-state index contributed by atoms with van der Waals surface area (Å²) in [6.07, 6.45) is -0.652. The molecule has 0 fully saturated rings. The zero-order chi connectivity index (χ0) is 9.56. The Morgan fingerprint density at radius 1 is 0.867 bits per heavy atom. The van der Waals surface area contributed by atoms with E-state index in [4.69, 9.17) is 10.2 Å². The molecule has 0 aliphatic carbocycles. The van der Waals surface area contributed by atoms with Gasteiger partial charge >= 0.3 is 107 Å². The molecule has 15 heavy (non-hydrogen) atoms. The van der Waals surface area contributed by atoms with Crippen molar-refractivity contribution in [2.75, 3.05) is 6.61 Å². The van der Waals surface area contributed by atoms with E-state index in [-0.39, 0.29) is 102 Å². The number of hydrogen-bond donors (Lipinski definition) is 2. The Morgan fingerprint density at radius 3 is 1.67 bits per heavy atom. The topological polar surface area (TPSA) is 101 Å². The predicted molar refractivity (Wildman–Crippen MR) is 56.9 cm³/mol. The van der Waals surface area contributed by atoms with E-state index in [0.717, 1.165) is 0 Å². The zero-order valence-corrected chi connectivity index (χ0v) is 6.15. The number of carbonyl (C=O) groups is 3. The van der Waals surface area contributed by atoms with Crippen LogP contribution in [-0.2, 0) is 19.1 Å². The molecule has 0 bridgehead atoms. The summed E-state index contributed by atoms with van der Waals surface area (Å²) in [5.74, 6) is -3.21.